The van der Waals surface area contributed by atoms with Gasteiger partial charge >= 0.3 is 0 Å². The summed E-state index contributed by atoms with van der Waals surface area (Å²) in [7, 11) is -2.04. The molecule has 0 atom stereocenters. The van der Waals surface area contributed by atoms with Gasteiger partial charge in [-0.25, -0.2) is 13.1 Å². The second-order valence-electron chi connectivity index (χ2n) is 7.77. The molecule has 30 heavy (non-hydrogen) atoms. The van der Waals surface area contributed by atoms with E-state index in [1.54, 1.807) is 37.4 Å². The molecular weight excluding hydrogens is 404 g/mol. The zero-order chi connectivity index (χ0) is 21.1. The molecule has 0 aromatic heterocycles. The van der Waals surface area contributed by atoms with Crippen molar-refractivity contribution in [3.05, 3.63) is 48.0 Å². The fraction of sp³-hybridized carbons (Fsp3) is 0.409. The topological polar surface area (TPSA) is 93.7 Å². The van der Waals surface area contributed by atoms with Crippen LogP contribution in [0.15, 0.2) is 47.4 Å². The van der Waals surface area contributed by atoms with E-state index in [9.17, 15) is 13.2 Å². The lowest BCUT2D eigenvalue weighted by Gasteiger charge is -2.17. The van der Waals surface area contributed by atoms with Crippen molar-refractivity contribution in [1.82, 2.24) is 4.72 Å². The van der Waals surface area contributed by atoms with Gasteiger partial charge < -0.3 is 14.8 Å². The van der Waals surface area contributed by atoms with Crippen molar-refractivity contribution in [3.63, 3.8) is 0 Å². The van der Waals surface area contributed by atoms with E-state index in [1.807, 2.05) is 0 Å². The molecule has 2 aliphatic rings. The highest BCUT2D eigenvalue weighted by atomic mass is 32.2. The predicted molar refractivity (Wildman–Crippen MR) is 114 cm³/mol. The van der Waals surface area contributed by atoms with Crippen LogP contribution in [0.3, 0.4) is 0 Å². The molecule has 4 rings (SSSR count). The molecule has 8 heteroatoms. The average Bonchev–Trinajstić information content (AvgIpc) is 3.39. The average molecular weight is 431 g/mol. The highest BCUT2D eigenvalue weighted by Crippen LogP contribution is 2.34. The molecule has 2 aromatic carbocycles. The minimum Gasteiger partial charge on any atom is -0.493 e. The second-order valence-corrected chi connectivity index (χ2v) is 9.48. The number of methoxy groups -OCH3 is 1. The van der Waals surface area contributed by atoms with Gasteiger partial charge in [-0.2, -0.15) is 0 Å². The first-order valence-corrected chi connectivity index (χ1v) is 11.7. The van der Waals surface area contributed by atoms with E-state index in [0.29, 0.717) is 17.2 Å². The molecule has 7 nitrogen and oxygen atoms in total. The lowest BCUT2D eigenvalue weighted by Crippen LogP contribution is -2.26. The molecule has 0 heterocycles. The summed E-state index contributed by atoms with van der Waals surface area (Å²) in [6, 6.07) is 11.3. The summed E-state index contributed by atoms with van der Waals surface area (Å²) in [5.41, 5.74) is 0.820. The second kappa shape index (κ2) is 8.65. The Bertz CT molecular complexity index is 1030. The van der Waals surface area contributed by atoms with E-state index in [-0.39, 0.29) is 22.6 Å². The van der Waals surface area contributed by atoms with Gasteiger partial charge in [-0.3, -0.25) is 4.79 Å². The number of amides is 1. The molecule has 2 saturated carbocycles. The van der Waals surface area contributed by atoms with E-state index in [1.165, 1.54) is 12.1 Å². The van der Waals surface area contributed by atoms with Crippen LogP contribution in [0.25, 0.3) is 0 Å². The Hall–Kier alpha value is -2.58. The first-order valence-electron chi connectivity index (χ1n) is 10.2. The summed E-state index contributed by atoms with van der Waals surface area (Å²) in [5.74, 6) is 0.807. The summed E-state index contributed by atoms with van der Waals surface area (Å²) in [5, 5.41) is 2.82. The lowest BCUT2D eigenvalue weighted by molar-refractivity contribution is 0.102. The van der Waals surface area contributed by atoms with Crippen molar-refractivity contribution in [1.29, 1.82) is 0 Å². The maximum absolute atomic E-state index is 12.7. The van der Waals surface area contributed by atoms with E-state index in [0.717, 1.165) is 38.5 Å². The molecule has 2 N–H and O–H groups in total. The molecule has 0 bridgehead atoms. The van der Waals surface area contributed by atoms with Gasteiger partial charge in [0.25, 0.3) is 5.91 Å². The van der Waals surface area contributed by atoms with Crippen molar-refractivity contribution in [2.45, 2.75) is 55.6 Å². The summed E-state index contributed by atoms with van der Waals surface area (Å²) >= 11 is 0. The SMILES string of the molecule is COc1ccc(NC(=O)c2cccc(S(=O)(=O)NC3CC3)c2)cc1OC1CCCC1. The van der Waals surface area contributed by atoms with Gasteiger partial charge in [0, 0.05) is 23.4 Å². The maximum Gasteiger partial charge on any atom is 0.255 e. The summed E-state index contributed by atoms with van der Waals surface area (Å²) in [6.45, 7) is 0. The number of rotatable bonds is 8. The molecule has 2 aliphatic carbocycles. The van der Waals surface area contributed by atoms with Crippen molar-refractivity contribution >= 4 is 21.6 Å². The van der Waals surface area contributed by atoms with Gasteiger partial charge in [0.2, 0.25) is 10.0 Å². The Labute approximate surface area is 176 Å². The summed E-state index contributed by atoms with van der Waals surface area (Å²) in [6.07, 6.45) is 6.18. The highest BCUT2D eigenvalue weighted by molar-refractivity contribution is 7.89. The third-order valence-electron chi connectivity index (χ3n) is 5.32. The van der Waals surface area contributed by atoms with Gasteiger partial charge in [-0.05, 0) is 68.9 Å². The van der Waals surface area contributed by atoms with Gasteiger partial charge in [-0.1, -0.05) is 6.07 Å². The standard InChI is InChI=1S/C22H26N2O5S/c1-28-20-12-11-17(14-21(20)29-18-6-2-3-7-18)23-22(25)15-5-4-8-19(13-15)30(26,27)24-16-9-10-16/h4-5,8,11-14,16,18,24H,2-3,6-7,9-10H2,1H3,(H,23,25). The molecule has 0 aliphatic heterocycles. The van der Waals surface area contributed by atoms with Gasteiger partial charge in [-0.15, -0.1) is 0 Å². The fourth-order valence-electron chi connectivity index (χ4n) is 3.53. The number of nitrogens with one attached hydrogen (secondary N) is 2. The van der Waals surface area contributed by atoms with Gasteiger partial charge in [0.05, 0.1) is 18.1 Å². The Morgan fingerprint density at radius 3 is 2.47 bits per heavy atom. The van der Waals surface area contributed by atoms with Crippen LogP contribution in [-0.2, 0) is 10.0 Å². The van der Waals surface area contributed by atoms with E-state index in [4.69, 9.17) is 9.47 Å². The number of sulfonamides is 1. The van der Waals surface area contributed by atoms with Crippen LogP contribution in [0.5, 0.6) is 11.5 Å². The van der Waals surface area contributed by atoms with E-state index >= 15 is 0 Å². The molecule has 1 amide bonds. The number of anilines is 1. The van der Waals surface area contributed by atoms with Crippen molar-refractivity contribution in [2.75, 3.05) is 12.4 Å². The monoisotopic (exact) mass is 430 g/mol. The molecular formula is C22H26N2O5S. The van der Waals surface area contributed by atoms with Crippen LogP contribution in [-0.4, -0.2) is 33.6 Å². The zero-order valence-corrected chi connectivity index (χ0v) is 17.7. The third-order valence-corrected chi connectivity index (χ3v) is 6.84. The number of ether oxygens (including phenoxy) is 2. The molecule has 0 radical (unpaired) electrons. The molecule has 0 spiro atoms. The smallest absolute Gasteiger partial charge is 0.255 e. The van der Waals surface area contributed by atoms with Crippen molar-refractivity contribution < 1.29 is 22.7 Å². The van der Waals surface area contributed by atoms with E-state index in [2.05, 4.69) is 10.0 Å². The summed E-state index contributed by atoms with van der Waals surface area (Å²) < 4.78 is 38.9. The van der Waals surface area contributed by atoms with Crippen LogP contribution < -0.4 is 19.5 Å². The van der Waals surface area contributed by atoms with Gasteiger partial charge in [0.1, 0.15) is 0 Å². The van der Waals surface area contributed by atoms with Crippen LogP contribution in [0.2, 0.25) is 0 Å². The molecule has 160 valence electrons. The third kappa shape index (κ3) is 4.94. The highest BCUT2D eigenvalue weighted by Gasteiger charge is 2.28. The number of carbonyl (C=O) groups excluding carboxylic acids is 1. The minimum atomic E-state index is -3.62. The quantitative estimate of drug-likeness (QED) is 0.666. The fourth-order valence-corrected chi connectivity index (χ4v) is 4.88. The number of carbonyl (C=O) groups is 1. The zero-order valence-electron chi connectivity index (χ0n) is 16.9. The van der Waals surface area contributed by atoms with Crippen molar-refractivity contribution in [2.24, 2.45) is 0 Å². The Morgan fingerprint density at radius 1 is 1.00 bits per heavy atom. The minimum absolute atomic E-state index is 0.00469. The maximum atomic E-state index is 12.7. The Kier molecular flexibility index (Phi) is 5.97. The van der Waals surface area contributed by atoms with Crippen LogP contribution in [0.1, 0.15) is 48.9 Å². The predicted octanol–water partition coefficient (Wildman–Crippen LogP) is 3.71. The Morgan fingerprint density at radius 2 is 1.77 bits per heavy atom. The number of benzene rings is 2. The van der Waals surface area contributed by atoms with Crippen molar-refractivity contribution in [3.8, 4) is 11.5 Å². The normalized spacial score (nSPS) is 17.0. The van der Waals surface area contributed by atoms with Crippen LogP contribution >= 0.6 is 0 Å². The van der Waals surface area contributed by atoms with Crippen LogP contribution in [0, 0.1) is 0 Å². The number of hydrogen-bond donors (Lipinski definition) is 2. The van der Waals surface area contributed by atoms with Crippen LogP contribution in [0.4, 0.5) is 5.69 Å². The first-order chi connectivity index (χ1) is 14.4. The molecule has 2 aromatic rings. The number of hydrogen-bond acceptors (Lipinski definition) is 5. The van der Waals surface area contributed by atoms with Gasteiger partial charge in [0.15, 0.2) is 11.5 Å². The lowest BCUT2D eigenvalue weighted by atomic mass is 10.2. The van der Waals surface area contributed by atoms with E-state index < -0.39 is 15.9 Å². The largest absolute Gasteiger partial charge is 0.493 e. The molecule has 0 saturated heterocycles. The molecule has 2 fully saturated rings. The molecule has 0 unspecified atom stereocenters. The first kappa shape index (κ1) is 20.7. The summed E-state index contributed by atoms with van der Waals surface area (Å²) in [4.78, 5) is 12.8. The Balaban J connectivity index is 1.50.